The molecule has 1 unspecified atom stereocenters. The number of hydrogen-bond donors (Lipinski definition) is 2. The maximum absolute atomic E-state index is 3.51. The van der Waals surface area contributed by atoms with Crippen molar-refractivity contribution < 1.29 is 0 Å². The largest absolute Gasteiger partial charge is 0.357 e. The molecule has 1 aromatic carbocycles. The van der Waals surface area contributed by atoms with Crippen LogP contribution in [0.1, 0.15) is 24.6 Å². The molecule has 1 aromatic heterocycles. The van der Waals surface area contributed by atoms with Crippen molar-refractivity contribution >= 4 is 26.8 Å². The van der Waals surface area contributed by atoms with E-state index < -0.39 is 0 Å². The molecule has 2 nitrogen and oxygen atoms in total. The van der Waals surface area contributed by atoms with E-state index in [0.29, 0.717) is 6.04 Å². The van der Waals surface area contributed by atoms with Gasteiger partial charge in [-0.25, -0.2) is 0 Å². The second kappa shape index (κ2) is 3.65. The highest BCUT2D eigenvalue weighted by Crippen LogP contribution is 2.27. The van der Waals surface area contributed by atoms with Crippen LogP contribution in [-0.2, 0) is 0 Å². The number of hydrogen-bond acceptors (Lipinski definition) is 1. The molecule has 1 atom stereocenters. The molecule has 3 heteroatoms. The van der Waals surface area contributed by atoms with Crippen molar-refractivity contribution in [2.75, 3.05) is 6.54 Å². The minimum absolute atomic E-state index is 0.524. The van der Waals surface area contributed by atoms with Crippen LogP contribution in [0.15, 0.2) is 28.7 Å². The van der Waals surface area contributed by atoms with Gasteiger partial charge < -0.3 is 10.3 Å². The van der Waals surface area contributed by atoms with Gasteiger partial charge in [0, 0.05) is 27.1 Å². The number of aromatic amines is 1. The van der Waals surface area contributed by atoms with Crippen LogP contribution in [-0.4, -0.2) is 11.5 Å². The second-order valence-electron chi connectivity index (χ2n) is 4.11. The molecule has 1 fully saturated rings. The number of nitrogens with one attached hydrogen (secondary N) is 2. The van der Waals surface area contributed by atoms with Gasteiger partial charge in [0.2, 0.25) is 0 Å². The topological polar surface area (TPSA) is 27.8 Å². The predicted octanol–water partition coefficient (Wildman–Crippen LogP) is 3.35. The summed E-state index contributed by atoms with van der Waals surface area (Å²) in [6.07, 6.45) is 2.53. The van der Waals surface area contributed by atoms with Gasteiger partial charge in [-0.2, -0.15) is 0 Å². The van der Waals surface area contributed by atoms with Crippen molar-refractivity contribution in [1.82, 2.24) is 10.3 Å². The van der Waals surface area contributed by atoms with E-state index in [1.165, 1.54) is 29.4 Å². The fourth-order valence-corrected chi connectivity index (χ4v) is 2.64. The number of halogens is 1. The maximum atomic E-state index is 3.51. The Morgan fingerprint density at radius 2 is 2.20 bits per heavy atom. The summed E-state index contributed by atoms with van der Waals surface area (Å²) in [7, 11) is 0. The molecular formula is C12H13BrN2. The molecule has 0 spiro atoms. The number of rotatable bonds is 1. The van der Waals surface area contributed by atoms with Crippen molar-refractivity contribution in [3.05, 3.63) is 34.4 Å². The zero-order valence-electron chi connectivity index (χ0n) is 8.39. The molecule has 78 valence electrons. The molecule has 1 saturated heterocycles. The number of benzene rings is 1. The molecule has 1 aliphatic rings. The third-order valence-electron chi connectivity index (χ3n) is 3.04. The van der Waals surface area contributed by atoms with Gasteiger partial charge >= 0.3 is 0 Å². The monoisotopic (exact) mass is 264 g/mol. The smallest absolute Gasteiger partial charge is 0.0473 e. The SMILES string of the molecule is Brc1ccc2[nH]c(C3CCCN3)cc2c1. The van der Waals surface area contributed by atoms with Crippen molar-refractivity contribution in [2.45, 2.75) is 18.9 Å². The molecule has 15 heavy (non-hydrogen) atoms. The Kier molecular flexibility index (Phi) is 2.29. The van der Waals surface area contributed by atoms with Crippen molar-refractivity contribution in [3.63, 3.8) is 0 Å². The molecule has 0 amide bonds. The van der Waals surface area contributed by atoms with Crippen LogP contribution in [0.2, 0.25) is 0 Å². The summed E-state index contributed by atoms with van der Waals surface area (Å²) in [4.78, 5) is 3.48. The van der Waals surface area contributed by atoms with Gasteiger partial charge in [0.25, 0.3) is 0 Å². The van der Waals surface area contributed by atoms with Crippen molar-refractivity contribution in [2.24, 2.45) is 0 Å². The van der Waals surface area contributed by atoms with E-state index in [1.807, 2.05) is 0 Å². The van der Waals surface area contributed by atoms with Crippen LogP contribution in [0, 0.1) is 0 Å². The van der Waals surface area contributed by atoms with Gasteiger partial charge in [-0.3, -0.25) is 0 Å². The number of aromatic nitrogens is 1. The van der Waals surface area contributed by atoms with Crippen LogP contribution in [0.5, 0.6) is 0 Å². The lowest BCUT2D eigenvalue weighted by Gasteiger charge is -2.06. The van der Waals surface area contributed by atoms with E-state index in [0.717, 1.165) is 11.0 Å². The summed E-state index contributed by atoms with van der Waals surface area (Å²) < 4.78 is 1.14. The minimum atomic E-state index is 0.524. The van der Waals surface area contributed by atoms with Crippen LogP contribution < -0.4 is 5.32 Å². The highest BCUT2D eigenvalue weighted by Gasteiger charge is 2.17. The van der Waals surface area contributed by atoms with E-state index in [2.05, 4.69) is 50.5 Å². The quantitative estimate of drug-likeness (QED) is 0.813. The molecular weight excluding hydrogens is 252 g/mol. The molecule has 2 heterocycles. The van der Waals surface area contributed by atoms with Gasteiger partial charge in [-0.05, 0) is 43.7 Å². The lowest BCUT2D eigenvalue weighted by Crippen LogP contribution is -2.12. The normalized spacial score (nSPS) is 21.3. The van der Waals surface area contributed by atoms with E-state index >= 15 is 0 Å². The fraction of sp³-hybridized carbons (Fsp3) is 0.333. The molecule has 0 radical (unpaired) electrons. The first kappa shape index (κ1) is 9.43. The third kappa shape index (κ3) is 1.70. The van der Waals surface area contributed by atoms with Crippen LogP contribution >= 0.6 is 15.9 Å². The van der Waals surface area contributed by atoms with Crippen LogP contribution in [0.3, 0.4) is 0 Å². The van der Waals surface area contributed by atoms with Gasteiger partial charge in [0.15, 0.2) is 0 Å². The average molecular weight is 265 g/mol. The lowest BCUT2D eigenvalue weighted by atomic mass is 10.1. The summed E-state index contributed by atoms with van der Waals surface area (Å²) in [5.41, 5.74) is 2.54. The summed E-state index contributed by atoms with van der Waals surface area (Å²) in [5, 5.41) is 4.79. The zero-order valence-corrected chi connectivity index (χ0v) is 9.97. The van der Waals surface area contributed by atoms with Crippen molar-refractivity contribution in [1.29, 1.82) is 0 Å². The molecule has 2 aromatic rings. The summed E-state index contributed by atoms with van der Waals surface area (Å²) in [6, 6.07) is 9.13. The van der Waals surface area contributed by atoms with Crippen molar-refractivity contribution in [3.8, 4) is 0 Å². The van der Waals surface area contributed by atoms with E-state index in [9.17, 15) is 0 Å². The molecule has 3 rings (SSSR count). The first-order chi connectivity index (χ1) is 7.33. The molecule has 1 aliphatic heterocycles. The van der Waals surface area contributed by atoms with E-state index in [-0.39, 0.29) is 0 Å². The second-order valence-corrected chi connectivity index (χ2v) is 5.02. The first-order valence-corrected chi connectivity index (χ1v) is 6.14. The Morgan fingerprint density at radius 3 is 3.00 bits per heavy atom. The number of H-pyrrole nitrogens is 1. The standard InChI is InChI=1S/C12H13BrN2/c13-9-3-4-10-8(6-9)7-12(15-10)11-2-1-5-14-11/h3-4,6-7,11,14-15H,1-2,5H2. The molecule has 0 aliphatic carbocycles. The van der Waals surface area contributed by atoms with E-state index in [1.54, 1.807) is 0 Å². The molecule has 0 bridgehead atoms. The molecule has 0 saturated carbocycles. The zero-order chi connectivity index (χ0) is 10.3. The fourth-order valence-electron chi connectivity index (χ4n) is 2.26. The summed E-state index contributed by atoms with van der Waals surface area (Å²) in [5.74, 6) is 0. The maximum Gasteiger partial charge on any atom is 0.0473 e. The summed E-state index contributed by atoms with van der Waals surface area (Å²) >= 11 is 3.50. The highest BCUT2D eigenvalue weighted by molar-refractivity contribution is 9.10. The molecule has 2 N–H and O–H groups in total. The Bertz CT molecular complexity index is 483. The Hall–Kier alpha value is -0.800. The number of fused-ring (bicyclic) bond motifs is 1. The van der Waals surface area contributed by atoms with Crippen LogP contribution in [0.25, 0.3) is 10.9 Å². The van der Waals surface area contributed by atoms with E-state index in [4.69, 9.17) is 0 Å². The first-order valence-electron chi connectivity index (χ1n) is 5.34. The average Bonchev–Trinajstić information content (AvgIpc) is 2.84. The van der Waals surface area contributed by atoms with Gasteiger partial charge in [-0.1, -0.05) is 15.9 Å². The predicted molar refractivity (Wildman–Crippen MR) is 66.0 cm³/mol. The lowest BCUT2D eigenvalue weighted by molar-refractivity contribution is 0.633. The van der Waals surface area contributed by atoms with Gasteiger partial charge in [0.1, 0.15) is 0 Å². The Morgan fingerprint density at radius 1 is 1.27 bits per heavy atom. The minimum Gasteiger partial charge on any atom is -0.357 e. The Labute approximate surface area is 97.2 Å². The van der Waals surface area contributed by atoms with Gasteiger partial charge in [0.05, 0.1) is 0 Å². The Balaban J connectivity index is 2.05. The van der Waals surface area contributed by atoms with Gasteiger partial charge in [-0.15, -0.1) is 0 Å². The highest BCUT2D eigenvalue weighted by atomic mass is 79.9. The van der Waals surface area contributed by atoms with Crippen LogP contribution in [0.4, 0.5) is 0 Å². The third-order valence-corrected chi connectivity index (χ3v) is 3.53. The summed E-state index contributed by atoms with van der Waals surface area (Å²) in [6.45, 7) is 1.14.